The summed E-state index contributed by atoms with van der Waals surface area (Å²) in [5.41, 5.74) is 2.87. The van der Waals surface area contributed by atoms with Crippen LogP contribution in [0.4, 0.5) is 13.2 Å². The Balaban J connectivity index is 0.00000937. The molecule has 1 radical (unpaired) electrons. The zero-order valence-corrected chi connectivity index (χ0v) is 41.6. The molecule has 1 amide bonds. The van der Waals surface area contributed by atoms with E-state index in [1.165, 1.54) is 12.1 Å². The molecule has 0 unspecified atom stereocenters. The van der Waals surface area contributed by atoms with E-state index in [4.69, 9.17) is 4.74 Å². The van der Waals surface area contributed by atoms with E-state index in [2.05, 4.69) is 0 Å². The molecule has 0 bridgehead atoms. The first kappa shape index (κ1) is 57.3. The molecule has 16 nitrogen and oxygen atoms in total. The second kappa shape index (κ2) is 27.4. The van der Waals surface area contributed by atoms with Gasteiger partial charge in [0.25, 0.3) is 0 Å². The van der Waals surface area contributed by atoms with Crippen molar-refractivity contribution in [2.24, 2.45) is 5.92 Å². The fourth-order valence-corrected chi connectivity index (χ4v) is 9.54. The average molecular weight is 1150 g/mol. The first-order valence-electron chi connectivity index (χ1n) is 23.9. The van der Waals surface area contributed by atoms with Crippen molar-refractivity contribution in [3.05, 3.63) is 88.5 Å². The molecule has 20 heteroatoms. The molecular formula is C51H65F3LuN6O10. The number of likely N-dealkylation sites (tertiary alicyclic amines) is 2. The third-order valence-corrected chi connectivity index (χ3v) is 13.5. The van der Waals surface area contributed by atoms with E-state index in [-0.39, 0.29) is 144 Å². The van der Waals surface area contributed by atoms with Crippen molar-refractivity contribution in [1.29, 1.82) is 0 Å². The van der Waals surface area contributed by atoms with Crippen molar-refractivity contribution in [3.63, 3.8) is 0 Å². The first-order chi connectivity index (χ1) is 33.4. The summed E-state index contributed by atoms with van der Waals surface area (Å²) in [5.74, 6) is -4.15. The summed E-state index contributed by atoms with van der Waals surface area (Å²) >= 11 is 0. The number of nitrogens with zero attached hydrogens (tertiary/aromatic N) is 6. The monoisotopic (exact) mass is 1150 g/mol. The van der Waals surface area contributed by atoms with Gasteiger partial charge >= 0.3 is 30.1 Å². The Labute approximate surface area is 441 Å². The van der Waals surface area contributed by atoms with Crippen LogP contribution in [0.5, 0.6) is 5.75 Å². The third kappa shape index (κ3) is 17.5. The number of alkyl halides is 3. The minimum absolute atomic E-state index is 0. The molecule has 3 saturated heterocycles. The van der Waals surface area contributed by atoms with Gasteiger partial charge in [0, 0.05) is 114 Å². The van der Waals surface area contributed by atoms with Gasteiger partial charge in [0.2, 0.25) is 5.91 Å². The van der Waals surface area contributed by atoms with Crippen LogP contribution in [0.3, 0.4) is 0 Å². The topological polar surface area (TPSA) is 195 Å². The number of piperidine rings is 2. The van der Waals surface area contributed by atoms with Gasteiger partial charge in [-0.2, -0.15) is 13.2 Å². The van der Waals surface area contributed by atoms with Gasteiger partial charge in [0.15, 0.2) is 0 Å². The second-order valence-corrected chi connectivity index (χ2v) is 18.5. The van der Waals surface area contributed by atoms with Crippen molar-refractivity contribution < 1.29 is 99.2 Å². The van der Waals surface area contributed by atoms with Crippen LogP contribution in [0.2, 0.25) is 0 Å². The molecule has 71 heavy (non-hydrogen) atoms. The van der Waals surface area contributed by atoms with Crippen LogP contribution in [0, 0.1) is 49.7 Å². The fourth-order valence-electron chi connectivity index (χ4n) is 9.54. The van der Waals surface area contributed by atoms with Crippen molar-refractivity contribution in [2.75, 3.05) is 105 Å². The maximum atomic E-state index is 15.0. The normalized spacial score (nSPS) is 19.1. The summed E-state index contributed by atoms with van der Waals surface area (Å²) in [6, 6.07) is 17.0. The van der Waals surface area contributed by atoms with Crippen LogP contribution in [-0.2, 0) is 36.7 Å². The van der Waals surface area contributed by atoms with Gasteiger partial charge in [-0.25, -0.2) is 0 Å². The van der Waals surface area contributed by atoms with Crippen molar-refractivity contribution in [3.8, 4) is 16.9 Å². The summed E-state index contributed by atoms with van der Waals surface area (Å²) in [6.45, 7) is 4.57. The van der Waals surface area contributed by atoms with Crippen LogP contribution < -0.4 is 4.74 Å². The van der Waals surface area contributed by atoms with E-state index in [9.17, 15) is 57.6 Å². The maximum absolute atomic E-state index is 15.0. The third-order valence-electron chi connectivity index (χ3n) is 13.5. The number of carbonyl (C=O) groups excluding carboxylic acids is 1. The second-order valence-electron chi connectivity index (χ2n) is 18.5. The number of carboxylic acids is 4. The molecule has 3 aromatic carbocycles. The average Bonchev–Trinajstić information content (AvgIpc) is 3.31. The van der Waals surface area contributed by atoms with Crippen LogP contribution in [0.1, 0.15) is 59.9 Å². The molecule has 3 heterocycles. The number of halogens is 3. The van der Waals surface area contributed by atoms with Crippen LogP contribution in [0.25, 0.3) is 23.3 Å². The van der Waals surface area contributed by atoms with E-state index in [1.54, 1.807) is 30.6 Å². The number of hydrogen-bond acceptors (Lipinski definition) is 11. The molecular weight excluding hydrogens is 1090 g/mol. The van der Waals surface area contributed by atoms with Gasteiger partial charge in [0.1, 0.15) is 11.8 Å². The van der Waals surface area contributed by atoms with Crippen molar-refractivity contribution in [1.82, 2.24) is 29.4 Å². The Hall–Kier alpha value is -4.63. The van der Waals surface area contributed by atoms with E-state index >= 15 is 0 Å². The summed E-state index contributed by atoms with van der Waals surface area (Å²) < 4.78 is 51.3. The van der Waals surface area contributed by atoms with Crippen LogP contribution in [-0.4, -0.2) is 190 Å². The molecule has 0 spiro atoms. The minimum Gasteiger partial charge on any atom is -0.493 e. The number of carboxylic acid groups (broad SMARTS) is 4. The number of hydrogen-bond donors (Lipinski definition) is 4. The zero-order valence-electron chi connectivity index (χ0n) is 40.0. The number of carbonyl (C=O) groups is 5. The number of benzene rings is 3. The molecule has 3 aliphatic rings. The Morgan fingerprint density at radius 2 is 1.18 bits per heavy atom. The molecule has 395 valence electrons. The van der Waals surface area contributed by atoms with E-state index < -0.39 is 41.7 Å². The molecule has 1 atom stereocenters. The summed E-state index contributed by atoms with van der Waals surface area (Å²) in [7, 11) is 0. The summed E-state index contributed by atoms with van der Waals surface area (Å²) in [6.07, 6.45) is 1.28. The molecule has 3 aromatic rings. The first-order valence-corrected chi connectivity index (χ1v) is 23.9. The molecule has 6 rings (SSSR count). The number of rotatable bonds is 17. The SMILES string of the molecule is Cc1c(/C=C/c2cc(OCC3CCN(C(=O)CN4CCN(CC(=O)O)CCN(CC(=O)O)CCN(CC(=O)O)CC4)CC3)c(CN3CCCC[C@H]3C(=O)O)cc2C(F)(F)F)cccc1-c1ccccc1.[Lu]. The molecule has 0 aromatic heterocycles. The minimum atomic E-state index is -4.73. The molecule has 0 saturated carbocycles. The van der Waals surface area contributed by atoms with Crippen LogP contribution >= 0.6 is 0 Å². The van der Waals surface area contributed by atoms with Gasteiger partial charge in [-0.15, -0.1) is 0 Å². The smallest absolute Gasteiger partial charge is 0.417 e. The molecule has 0 aliphatic carbocycles. The standard InChI is InChI=1S/C51H65F3N6O10.Lu/c1-36-38(10-7-11-42(36)39-8-3-2-4-9-39)13-14-40-29-45(41(28-43(40)51(52,53)54)30-60-17-6-5-12-44(60)50(68)69)70-35-37-15-18-59(19-16-37)46(61)31-55-20-22-56(32-47(62)63)24-26-58(34-49(66)67)27-25-57(23-21-55)33-48(64)65;/h2-4,7-11,13-14,28-29,37,44H,5-6,12,15-27,30-35H2,1H3,(H,62,63)(H,64,65)(H,66,67)(H,68,69);/b14-13+;/t44-;/m0./s1. The van der Waals surface area contributed by atoms with Crippen molar-refractivity contribution in [2.45, 2.75) is 57.8 Å². The maximum Gasteiger partial charge on any atom is 0.417 e. The van der Waals surface area contributed by atoms with Gasteiger partial charge < -0.3 is 30.1 Å². The predicted octanol–water partition coefficient (Wildman–Crippen LogP) is 5.38. The summed E-state index contributed by atoms with van der Waals surface area (Å²) in [5, 5.41) is 38.7. The van der Waals surface area contributed by atoms with E-state index in [0.717, 1.165) is 28.3 Å². The summed E-state index contributed by atoms with van der Waals surface area (Å²) in [4.78, 5) is 71.5. The van der Waals surface area contributed by atoms with Crippen LogP contribution in [0.15, 0.2) is 60.7 Å². The van der Waals surface area contributed by atoms with Gasteiger partial charge in [-0.05, 0) is 85.0 Å². The quantitative estimate of drug-likeness (QED) is 0.126. The van der Waals surface area contributed by atoms with E-state index in [0.29, 0.717) is 64.8 Å². The Kier molecular flexibility index (Phi) is 22.1. The predicted molar refractivity (Wildman–Crippen MR) is 256 cm³/mol. The fraction of sp³-hybridized carbons (Fsp3) is 0.510. The van der Waals surface area contributed by atoms with Gasteiger partial charge in [0.05, 0.1) is 38.3 Å². The molecule has 3 aliphatic heterocycles. The Morgan fingerprint density at radius 3 is 1.70 bits per heavy atom. The van der Waals surface area contributed by atoms with Crippen molar-refractivity contribution >= 4 is 41.9 Å². The number of amides is 1. The molecule has 4 N–H and O–H groups in total. The Bertz CT molecular complexity index is 2280. The molecule has 3 fully saturated rings. The number of aliphatic carboxylic acids is 4. The van der Waals surface area contributed by atoms with Gasteiger partial charge in [-0.1, -0.05) is 67.1 Å². The zero-order chi connectivity index (χ0) is 50.4. The van der Waals surface area contributed by atoms with Gasteiger partial charge in [-0.3, -0.25) is 48.5 Å². The number of ether oxygens (including phenoxy) is 1. The largest absolute Gasteiger partial charge is 0.493 e. The van der Waals surface area contributed by atoms with E-state index in [1.807, 2.05) is 60.4 Å². The Morgan fingerprint density at radius 1 is 0.648 bits per heavy atom.